The van der Waals surface area contributed by atoms with E-state index in [1.165, 1.54) is 10.5 Å². The second-order valence-electron chi connectivity index (χ2n) is 4.96. The molecule has 0 aliphatic heterocycles. The average molecular weight is 290 g/mol. The van der Waals surface area contributed by atoms with E-state index in [4.69, 9.17) is 0 Å². The van der Waals surface area contributed by atoms with Gasteiger partial charge in [0.1, 0.15) is 12.2 Å². The van der Waals surface area contributed by atoms with Gasteiger partial charge in [-0.25, -0.2) is 9.67 Å². The van der Waals surface area contributed by atoms with E-state index in [0.29, 0.717) is 6.04 Å². The number of rotatable bonds is 7. The van der Waals surface area contributed by atoms with Gasteiger partial charge in [0, 0.05) is 24.0 Å². The van der Waals surface area contributed by atoms with Crippen LogP contribution in [-0.2, 0) is 18.8 Å². The smallest absolute Gasteiger partial charge is 0.138 e. The highest BCUT2D eigenvalue weighted by Gasteiger charge is 2.04. The Labute approximate surface area is 125 Å². The Morgan fingerprint density at radius 3 is 2.95 bits per heavy atom. The summed E-state index contributed by atoms with van der Waals surface area (Å²) in [6.45, 7) is 8.19. The van der Waals surface area contributed by atoms with E-state index in [9.17, 15) is 0 Å². The summed E-state index contributed by atoms with van der Waals surface area (Å²) >= 11 is 1.80. The monoisotopic (exact) mass is 290 g/mol. The van der Waals surface area contributed by atoms with Crippen molar-refractivity contribution in [2.75, 3.05) is 0 Å². The first kappa shape index (κ1) is 15.1. The van der Waals surface area contributed by atoms with Crippen molar-refractivity contribution in [1.82, 2.24) is 20.1 Å². The number of nitrogens with zero attached hydrogens (tertiary/aromatic N) is 3. The molecule has 2 aromatic rings. The second kappa shape index (κ2) is 7.45. The van der Waals surface area contributed by atoms with Crippen molar-refractivity contribution in [3.63, 3.8) is 0 Å². The third-order valence-electron chi connectivity index (χ3n) is 2.98. The molecule has 0 radical (unpaired) electrons. The second-order valence-corrected chi connectivity index (χ2v) is 6.01. The van der Waals surface area contributed by atoms with E-state index in [0.717, 1.165) is 24.7 Å². The van der Waals surface area contributed by atoms with Crippen molar-refractivity contribution in [2.24, 2.45) is 0 Å². The van der Waals surface area contributed by atoms with Crippen LogP contribution < -0.4 is 5.32 Å². The van der Waals surface area contributed by atoms with Crippen LogP contribution in [0.1, 0.15) is 32.2 Å². The lowest BCUT2D eigenvalue weighted by Crippen LogP contribution is -2.21. The van der Waals surface area contributed by atoms with Crippen LogP contribution >= 0.6 is 11.8 Å². The van der Waals surface area contributed by atoms with Gasteiger partial charge in [-0.1, -0.05) is 26.0 Å². The van der Waals surface area contributed by atoms with Gasteiger partial charge in [-0.2, -0.15) is 5.10 Å². The van der Waals surface area contributed by atoms with E-state index in [2.05, 4.69) is 60.4 Å². The summed E-state index contributed by atoms with van der Waals surface area (Å²) < 4.78 is 1.94. The molecule has 1 aromatic carbocycles. The van der Waals surface area contributed by atoms with Crippen LogP contribution in [0.3, 0.4) is 0 Å². The Morgan fingerprint density at radius 1 is 1.35 bits per heavy atom. The van der Waals surface area contributed by atoms with Crippen LogP contribution in [0.4, 0.5) is 0 Å². The molecule has 0 spiro atoms. The number of hydrogen-bond acceptors (Lipinski definition) is 4. The van der Waals surface area contributed by atoms with Crippen LogP contribution in [0.25, 0.3) is 0 Å². The maximum absolute atomic E-state index is 4.30. The van der Waals surface area contributed by atoms with Gasteiger partial charge < -0.3 is 5.32 Å². The number of hydrogen-bond donors (Lipinski definition) is 1. The lowest BCUT2D eigenvalue weighted by Gasteiger charge is -2.09. The molecule has 5 heteroatoms. The summed E-state index contributed by atoms with van der Waals surface area (Å²) in [5.41, 5.74) is 1.32. The van der Waals surface area contributed by atoms with Gasteiger partial charge in [-0.3, -0.25) is 0 Å². The molecule has 0 aliphatic rings. The van der Waals surface area contributed by atoms with Crippen LogP contribution in [0.2, 0.25) is 0 Å². The summed E-state index contributed by atoms with van der Waals surface area (Å²) in [7, 11) is 0. The van der Waals surface area contributed by atoms with E-state index < -0.39 is 0 Å². The zero-order valence-corrected chi connectivity index (χ0v) is 13.2. The minimum absolute atomic E-state index is 0.509. The first-order chi connectivity index (χ1) is 9.69. The number of benzene rings is 1. The largest absolute Gasteiger partial charge is 0.310 e. The third kappa shape index (κ3) is 4.35. The molecule has 1 aromatic heterocycles. The summed E-state index contributed by atoms with van der Waals surface area (Å²) in [4.78, 5) is 5.58. The molecule has 0 unspecified atom stereocenters. The van der Waals surface area contributed by atoms with E-state index in [1.807, 2.05) is 4.68 Å². The molecule has 1 N–H and O–H groups in total. The number of aromatic nitrogens is 3. The van der Waals surface area contributed by atoms with Crippen LogP contribution in [-0.4, -0.2) is 20.8 Å². The molecule has 20 heavy (non-hydrogen) atoms. The SMILES string of the molecule is CCn1ncnc1CSc1cccc(CNC(C)C)c1. The predicted octanol–water partition coefficient (Wildman–Crippen LogP) is 3.09. The van der Waals surface area contributed by atoms with Gasteiger partial charge in [0.25, 0.3) is 0 Å². The standard InChI is InChI=1S/C15H22N4S/c1-4-19-15(17-11-18-19)10-20-14-7-5-6-13(8-14)9-16-12(2)3/h5-8,11-12,16H,4,9-10H2,1-3H3. The molecule has 0 saturated heterocycles. The van der Waals surface area contributed by atoms with Gasteiger partial charge >= 0.3 is 0 Å². The lowest BCUT2D eigenvalue weighted by molar-refractivity contribution is 0.588. The zero-order valence-electron chi connectivity index (χ0n) is 12.3. The van der Waals surface area contributed by atoms with Gasteiger partial charge in [-0.15, -0.1) is 11.8 Å². The van der Waals surface area contributed by atoms with Crippen molar-refractivity contribution in [1.29, 1.82) is 0 Å². The topological polar surface area (TPSA) is 42.7 Å². The van der Waals surface area contributed by atoms with Crippen LogP contribution in [0.5, 0.6) is 0 Å². The van der Waals surface area contributed by atoms with E-state index in [-0.39, 0.29) is 0 Å². The Balaban J connectivity index is 1.94. The Bertz CT molecular complexity index is 536. The Kier molecular flexibility index (Phi) is 5.61. The minimum atomic E-state index is 0.509. The number of nitrogens with one attached hydrogen (secondary N) is 1. The summed E-state index contributed by atoms with van der Waals surface area (Å²) in [5.74, 6) is 1.89. The van der Waals surface area contributed by atoms with E-state index in [1.54, 1.807) is 18.1 Å². The number of thioether (sulfide) groups is 1. The molecule has 1 heterocycles. The fourth-order valence-electron chi connectivity index (χ4n) is 1.88. The highest BCUT2D eigenvalue weighted by Crippen LogP contribution is 2.22. The van der Waals surface area contributed by atoms with E-state index >= 15 is 0 Å². The zero-order chi connectivity index (χ0) is 14.4. The molecule has 4 nitrogen and oxygen atoms in total. The van der Waals surface area contributed by atoms with Crippen molar-refractivity contribution in [2.45, 2.75) is 50.6 Å². The minimum Gasteiger partial charge on any atom is -0.310 e. The maximum Gasteiger partial charge on any atom is 0.138 e. The van der Waals surface area contributed by atoms with Gasteiger partial charge in [0.05, 0.1) is 5.75 Å². The van der Waals surface area contributed by atoms with Gasteiger partial charge in [0.2, 0.25) is 0 Å². The highest BCUT2D eigenvalue weighted by molar-refractivity contribution is 7.98. The highest BCUT2D eigenvalue weighted by atomic mass is 32.2. The van der Waals surface area contributed by atoms with Crippen molar-refractivity contribution in [3.8, 4) is 0 Å². The van der Waals surface area contributed by atoms with Crippen LogP contribution in [0, 0.1) is 0 Å². The average Bonchev–Trinajstić information content (AvgIpc) is 2.91. The first-order valence-electron chi connectivity index (χ1n) is 7.01. The van der Waals surface area contributed by atoms with Gasteiger partial charge in [-0.05, 0) is 24.6 Å². The predicted molar refractivity (Wildman–Crippen MR) is 83.7 cm³/mol. The molecular formula is C15H22N4S. The molecular weight excluding hydrogens is 268 g/mol. The third-order valence-corrected chi connectivity index (χ3v) is 3.97. The van der Waals surface area contributed by atoms with Crippen molar-refractivity contribution in [3.05, 3.63) is 42.0 Å². The molecule has 0 fully saturated rings. The Hall–Kier alpha value is -1.33. The molecule has 0 aliphatic carbocycles. The molecule has 0 atom stereocenters. The van der Waals surface area contributed by atoms with Crippen molar-refractivity contribution < 1.29 is 0 Å². The lowest BCUT2D eigenvalue weighted by atomic mass is 10.2. The normalized spacial score (nSPS) is 11.2. The molecule has 0 amide bonds. The van der Waals surface area contributed by atoms with Crippen molar-refractivity contribution >= 4 is 11.8 Å². The summed E-state index contributed by atoms with van der Waals surface area (Å²) in [6.07, 6.45) is 1.63. The molecule has 2 rings (SSSR count). The fraction of sp³-hybridized carbons (Fsp3) is 0.467. The summed E-state index contributed by atoms with van der Waals surface area (Å²) in [5, 5.41) is 7.64. The number of aryl methyl sites for hydroxylation is 1. The maximum atomic E-state index is 4.30. The van der Waals surface area contributed by atoms with Crippen LogP contribution in [0.15, 0.2) is 35.5 Å². The summed E-state index contributed by atoms with van der Waals surface area (Å²) in [6, 6.07) is 9.18. The Morgan fingerprint density at radius 2 is 2.20 bits per heavy atom. The van der Waals surface area contributed by atoms with Gasteiger partial charge in [0.15, 0.2) is 0 Å². The molecule has 0 bridgehead atoms. The molecule has 108 valence electrons. The molecule has 0 saturated carbocycles. The quantitative estimate of drug-likeness (QED) is 0.796. The first-order valence-corrected chi connectivity index (χ1v) is 7.99. The fourth-order valence-corrected chi connectivity index (χ4v) is 2.81.